The number of carbonyl (C=O) groups is 1. The van der Waals surface area contributed by atoms with Crippen molar-refractivity contribution in [3.8, 4) is 28.7 Å². The Morgan fingerprint density at radius 3 is 2.50 bits per heavy atom. The van der Waals surface area contributed by atoms with Gasteiger partial charge < -0.3 is 9.47 Å². The lowest BCUT2D eigenvalue weighted by Gasteiger charge is -2.22. The minimum absolute atomic E-state index is 0.0821. The smallest absolute Gasteiger partial charge is 0.387 e. The van der Waals surface area contributed by atoms with E-state index in [9.17, 15) is 23.2 Å². The molecule has 0 aliphatic carbocycles. The standard InChI is InChI=1S/C23H12ClF4NO3/c24-20-15(25)8-17-14(9-23(11-30,32-17)13-4-2-1-3-5-13)19(20)18-12(10-29)6-7-16(21(18)26)31-22(27)28/h1-8,11,22H,9H2/t23-/m1/s1. The normalized spacial score (nSPS) is 16.9. The van der Waals surface area contributed by atoms with Crippen LogP contribution in [0.5, 0.6) is 11.5 Å². The minimum Gasteiger partial charge on any atom is -0.474 e. The maximum Gasteiger partial charge on any atom is 0.387 e. The predicted octanol–water partition coefficient (Wildman–Crippen LogP) is 5.79. The second-order valence-electron chi connectivity index (χ2n) is 6.97. The molecule has 1 aliphatic heterocycles. The molecule has 32 heavy (non-hydrogen) atoms. The van der Waals surface area contributed by atoms with Gasteiger partial charge in [0.15, 0.2) is 23.5 Å². The first-order chi connectivity index (χ1) is 15.3. The van der Waals surface area contributed by atoms with Gasteiger partial charge in [-0.25, -0.2) is 8.78 Å². The number of nitrogens with zero attached hydrogens (tertiary/aromatic N) is 1. The average Bonchev–Trinajstić information content (AvgIpc) is 3.16. The largest absolute Gasteiger partial charge is 0.474 e. The molecule has 4 nitrogen and oxygen atoms in total. The van der Waals surface area contributed by atoms with Crippen molar-refractivity contribution in [3.63, 3.8) is 0 Å². The summed E-state index contributed by atoms with van der Waals surface area (Å²) in [7, 11) is 0. The monoisotopic (exact) mass is 461 g/mol. The van der Waals surface area contributed by atoms with Crippen molar-refractivity contribution in [3.05, 3.63) is 81.9 Å². The van der Waals surface area contributed by atoms with Crippen LogP contribution in [0.2, 0.25) is 5.02 Å². The highest BCUT2D eigenvalue weighted by atomic mass is 35.5. The topological polar surface area (TPSA) is 59.3 Å². The summed E-state index contributed by atoms with van der Waals surface area (Å²) in [6, 6.07) is 13.0. The molecule has 0 saturated carbocycles. The molecule has 0 saturated heterocycles. The highest BCUT2D eigenvalue weighted by Gasteiger charge is 2.44. The molecule has 162 valence electrons. The first-order valence-electron chi connectivity index (χ1n) is 9.21. The van der Waals surface area contributed by atoms with Crippen molar-refractivity contribution in [1.29, 1.82) is 5.26 Å². The highest BCUT2D eigenvalue weighted by molar-refractivity contribution is 6.34. The lowest BCUT2D eigenvalue weighted by atomic mass is 9.86. The van der Waals surface area contributed by atoms with Gasteiger partial charge >= 0.3 is 6.61 Å². The van der Waals surface area contributed by atoms with Crippen LogP contribution in [-0.2, 0) is 16.8 Å². The zero-order valence-corrected chi connectivity index (χ0v) is 16.8. The maximum atomic E-state index is 15.2. The zero-order valence-electron chi connectivity index (χ0n) is 16.0. The first-order valence-corrected chi connectivity index (χ1v) is 9.58. The lowest BCUT2D eigenvalue weighted by Crippen LogP contribution is -2.33. The van der Waals surface area contributed by atoms with E-state index in [2.05, 4.69) is 4.74 Å². The molecule has 3 aromatic carbocycles. The predicted molar refractivity (Wildman–Crippen MR) is 107 cm³/mol. The number of nitriles is 1. The van der Waals surface area contributed by atoms with Crippen LogP contribution in [0.4, 0.5) is 17.6 Å². The molecular weight excluding hydrogens is 450 g/mol. The van der Waals surface area contributed by atoms with E-state index in [-0.39, 0.29) is 28.9 Å². The molecule has 9 heteroatoms. The molecule has 0 spiro atoms. The number of rotatable bonds is 5. The summed E-state index contributed by atoms with van der Waals surface area (Å²) >= 11 is 6.17. The Labute approximate surface area is 184 Å². The van der Waals surface area contributed by atoms with Gasteiger partial charge in [0.1, 0.15) is 11.6 Å². The SMILES string of the molecule is N#Cc1ccc(OC(F)F)c(F)c1-c1c(Cl)c(F)cc2c1C[C@@](C=O)(c1ccccc1)O2. The van der Waals surface area contributed by atoms with E-state index in [1.54, 1.807) is 36.4 Å². The van der Waals surface area contributed by atoms with Gasteiger partial charge in [-0.3, -0.25) is 4.79 Å². The number of fused-ring (bicyclic) bond motifs is 1. The van der Waals surface area contributed by atoms with E-state index in [0.717, 1.165) is 18.2 Å². The van der Waals surface area contributed by atoms with Crippen LogP contribution in [0, 0.1) is 23.0 Å². The van der Waals surface area contributed by atoms with Gasteiger partial charge in [-0.15, -0.1) is 0 Å². The van der Waals surface area contributed by atoms with E-state index >= 15 is 4.39 Å². The van der Waals surface area contributed by atoms with Crippen molar-refractivity contribution in [2.75, 3.05) is 0 Å². The van der Waals surface area contributed by atoms with Gasteiger partial charge in [-0.2, -0.15) is 14.0 Å². The van der Waals surface area contributed by atoms with Crippen LogP contribution < -0.4 is 9.47 Å². The van der Waals surface area contributed by atoms with E-state index in [1.807, 2.05) is 0 Å². The molecule has 0 radical (unpaired) electrons. The number of aldehydes is 1. The van der Waals surface area contributed by atoms with Crippen molar-refractivity contribution >= 4 is 17.9 Å². The second kappa shape index (κ2) is 8.17. The van der Waals surface area contributed by atoms with E-state index < -0.39 is 40.2 Å². The van der Waals surface area contributed by atoms with Gasteiger partial charge in [0.25, 0.3) is 0 Å². The van der Waals surface area contributed by atoms with Crippen LogP contribution in [0.3, 0.4) is 0 Å². The number of hydrogen-bond donors (Lipinski definition) is 0. The third kappa shape index (κ3) is 3.45. The fraction of sp³-hybridized carbons (Fsp3) is 0.130. The Bertz CT molecular complexity index is 1260. The van der Waals surface area contributed by atoms with Crippen LogP contribution in [0.1, 0.15) is 16.7 Å². The van der Waals surface area contributed by atoms with Gasteiger partial charge in [0, 0.05) is 34.7 Å². The third-order valence-electron chi connectivity index (χ3n) is 5.16. The van der Waals surface area contributed by atoms with Crippen LogP contribution in [0.25, 0.3) is 11.1 Å². The Kier molecular flexibility index (Phi) is 5.53. The number of halogens is 5. The lowest BCUT2D eigenvalue weighted by molar-refractivity contribution is -0.120. The maximum absolute atomic E-state index is 15.2. The van der Waals surface area contributed by atoms with Gasteiger partial charge in [0.2, 0.25) is 0 Å². The summed E-state index contributed by atoms with van der Waals surface area (Å²) in [5.41, 5.74) is -2.01. The molecule has 3 aromatic rings. The van der Waals surface area contributed by atoms with E-state index in [0.29, 0.717) is 11.8 Å². The highest BCUT2D eigenvalue weighted by Crippen LogP contribution is 2.50. The van der Waals surface area contributed by atoms with Crippen molar-refractivity contribution in [2.24, 2.45) is 0 Å². The van der Waals surface area contributed by atoms with Gasteiger partial charge in [0.05, 0.1) is 16.7 Å². The number of hydrogen-bond acceptors (Lipinski definition) is 4. The zero-order chi connectivity index (χ0) is 23.0. The molecule has 1 heterocycles. The summed E-state index contributed by atoms with van der Waals surface area (Å²) in [5, 5.41) is 8.93. The molecule has 4 rings (SSSR count). The Balaban J connectivity index is 1.98. The van der Waals surface area contributed by atoms with Crippen molar-refractivity contribution in [2.45, 2.75) is 18.6 Å². The molecule has 0 aromatic heterocycles. The van der Waals surface area contributed by atoms with E-state index in [4.69, 9.17) is 16.3 Å². The Hall–Kier alpha value is -3.57. The summed E-state index contributed by atoms with van der Waals surface area (Å²) < 4.78 is 65.4. The third-order valence-corrected chi connectivity index (χ3v) is 5.53. The summed E-state index contributed by atoms with van der Waals surface area (Å²) in [6.07, 6.45) is 0.380. The molecule has 0 unspecified atom stereocenters. The fourth-order valence-corrected chi connectivity index (χ4v) is 4.02. The molecule has 0 bridgehead atoms. The number of benzene rings is 3. The minimum atomic E-state index is -3.33. The van der Waals surface area contributed by atoms with Crippen molar-refractivity contribution in [1.82, 2.24) is 0 Å². The van der Waals surface area contributed by atoms with Crippen LogP contribution >= 0.6 is 11.6 Å². The second-order valence-corrected chi connectivity index (χ2v) is 7.34. The first kappa shape index (κ1) is 21.7. The molecular formula is C23H12ClF4NO3. The molecule has 0 fully saturated rings. The molecule has 0 N–H and O–H groups in total. The number of ether oxygens (including phenoxy) is 2. The van der Waals surface area contributed by atoms with E-state index in [1.165, 1.54) is 0 Å². The van der Waals surface area contributed by atoms with Gasteiger partial charge in [-0.1, -0.05) is 41.9 Å². The molecule has 0 amide bonds. The van der Waals surface area contributed by atoms with Gasteiger partial charge in [-0.05, 0) is 12.1 Å². The van der Waals surface area contributed by atoms with Crippen molar-refractivity contribution < 1.29 is 31.8 Å². The van der Waals surface area contributed by atoms with Crippen LogP contribution in [0.15, 0.2) is 48.5 Å². The Morgan fingerprint density at radius 1 is 1.16 bits per heavy atom. The summed E-state index contributed by atoms with van der Waals surface area (Å²) in [6.45, 7) is -3.33. The average molecular weight is 462 g/mol. The summed E-state index contributed by atoms with van der Waals surface area (Å²) in [5.74, 6) is -3.24. The quantitative estimate of drug-likeness (QED) is 0.356. The van der Waals surface area contributed by atoms with Crippen LogP contribution in [-0.4, -0.2) is 12.9 Å². The fourth-order valence-electron chi connectivity index (χ4n) is 3.76. The summed E-state index contributed by atoms with van der Waals surface area (Å²) in [4.78, 5) is 12.1. The Morgan fingerprint density at radius 2 is 1.88 bits per heavy atom. The molecule has 1 atom stereocenters. The molecule has 1 aliphatic rings. The number of alkyl halides is 2. The number of carbonyl (C=O) groups excluding carboxylic acids is 1.